The summed E-state index contributed by atoms with van der Waals surface area (Å²) < 4.78 is 12.9. The molecule has 1 aromatic carbocycles. The predicted molar refractivity (Wildman–Crippen MR) is 75.0 cm³/mol. The molecule has 0 aliphatic carbocycles. The number of benzene rings is 1. The molecule has 1 N–H and O–H groups in total. The van der Waals surface area contributed by atoms with Crippen LogP contribution in [0.2, 0.25) is 5.02 Å². The molecule has 20 heavy (non-hydrogen) atoms. The van der Waals surface area contributed by atoms with Crippen LogP contribution in [0.5, 0.6) is 0 Å². The van der Waals surface area contributed by atoms with Crippen LogP contribution < -0.4 is 5.32 Å². The molecule has 0 saturated carbocycles. The van der Waals surface area contributed by atoms with E-state index in [9.17, 15) is 14.0 Å². The Kier molecular flexibility index (Phi) is 4.60. The monoisotopic (exact) mass is 298 g/mol. The number of hydrogen-bond acceptors (Lipinski definition) is 2. The standard InChI is InChI=1S/C14H16ClFN2O2/c1-9(19)18-6-4-10(5-7-18)14(20)17-13-3-2-11(16)8-12(13)15/h2-3,8,10H,4-7H2,1H3,(H,17,20). The van der Waals surface area contributed by atoms with Gasteiger partial charge in [-0.2, -0.15) is 0 Å². The van der Waals surface area contributed by atoms with Gasteiger partial charge in [0.2, 0.25) is 11.8 Å². The quantitative estimate of drug-likeness (QED) is 0.912. The molecule has 1 aliphatic rings. The van der Waals surface area contributed by atoms with Crippen molar-refractivity contribution in [2.75, 3.05) is 18.4 Å². The minimum Gasteiger partial charge on any atom is -0.343 e. The topological polar surface area (TPSA) is 49.4 Å². The molecular weight excluding hydrogens is 283 g/mol. The molecule has 0 spiro atoms. The SMILES string of the molecule is CC(=O)N1CCC(C(=O)Nc2ccc(F)cc2Cl)CC1. The fraction of sp³-hybridized carbons (Fsp3) is 0.429. The number of likely N-dealkylation sites (tertiary alicyclic amines) is 1. The summed E-state index contributed by atoms with van der Waals surface area (Å²) in [5.74, 6) is -0.693. The number of nitrogens with zero attached hydrogens (tertiary/aromatic N) is 1. The second-order valence-electron chi connectivity index (χ2n) is 4.89. The minimum absolute atomic E-state index is 0.0328. The minimum atomic E-state index is -0.442. The van der Waals surface area contributed by atoms with Crippen LogP contribution in [0.1, 0.15) is 19.8 Å². The van der Waals surface area contributed by atoms with E-state index < -0.39 is 5.82 Å². The molecule has 0 radical (unpaired) electrons. The first kappa shape index (κ1) is 14.8. The van der Waals surface area contributed by atoms with Crippen molar-refractivity contribution in [3.8, 4) is 0 Å². The van der Waals surface area contributed by atoms with Gasteiger partial charge in [0.05, 0.1) is 10.7 Å². The number of carbonyl (C=O) groups is 2. The zero-order valence-electron chi connectivity index (χ0n) is 11.2. The summed E-state index contributed by atoms with van der Waals surface area (Å²) in [5, 5.41) is 2.89. The third kappa shape index (κ3) is 3.48. The van der Waals surface area contributed by atoms with Gasteiger partial charge in [-0.1, -0.05) is 11.6 Å². The van der Waals surface area contributed by atoms with Crippen LogP contribution in [0.25, 0.3) is 0 Å². The normalized spacial score (nSPS) is 16.1. The van der Waals surface area contributed by atoms with Crippen molar-refractivity contribution in [3.05, 3.63) is 29.0 Å². The average Bonchev–Trinajstić information content (AvgIpc) is 2.42. The van der Waals surface area contributed by atoms with E-state index in [1.165, 1.54) is 19.1 Å². The van der Waals surface area contributed by atoms with E-state index in [1.807, 2.05) is 0 Å². The second-order valence-corrected chi connectivity index (χ2v) is 5.30. The molecule has 0 atom stereocenters. The lowest BCUT2D eigenvalue weighted by Gasteiger charge is -2.30. The van der Waals surface area contributed by atoms with Crippen LogP contribution in [-0.2, 0) is 9.59 Å². The molecule has 1 heterocycles. The number of nitrogens with one attached hydrogen (secondary N) is 1. The molecule has 108 valence electrons. The highest BCUT2D eigenvalue weighted by molar-refractivity contribution is 6.33. The molecule has 6 heteroatoms. The van der Waals surface area contributed by atoms with E-state index >= 15 is 0 Å². The van der Waals surface area contributed by atoms with Gasteiger partial charge in [-0.3, -0.25) is 9.59 Å². The highest BCUT2D eigenvalue weighted by atomic mass is 35.5. The smallest absolute Gasteiger partial charge is 0.227 e. The Morgan fingerprint density at radius 3 is 2.55 bits per heavy atom. The van der Waals surface area contributed by atoms with E-state index in [0.717, 1.165) is 6.07 Å². The number of amides is 2. The molecule has 0 aromatic heterocycles. The first-order chi connectivity index (χ1) is 9.47. The maximum absolute atomic E-state index is 12.9. The maximum atomic E-state index is 12.9. The van der Waals surface area contributed by atoms with Crippen LogP contribution in [0.3, 0.4) is 0 Å². The molecule has 2 amide bonds. The number of carbonyl (C=O) groups excluding carboxylic acids is 2. The molecule has 0 unspecified atom stereocenters. The summed E-state index contributed by atoms with van der Waals surface area (Å²) in [6.07, 6.45) is 1.26. The fourth-order valence-corrected chi connectivity index (χ4v) is 2.50. The van der Waals surface area contributed by atoms with Crippen LogP contribution >= 0.6 is 11.6 Å². The Hall–Kier alpha value is -1.62. The van der Waals surface area contributed by atoms with Crippen molar-refractivity contribution in [1.29, 1.82) is 0 Å². The van der Waals surface area contributed by atoms with Crippen molar-refractivity contribution in [2.24, 2.45) is 5.92 Å². The summed E-state index contributed by atoms with van der Waals surface area (Å²) in [4.78, 5) is 25.1. The van der Waals surface area contributed by atoms with E-state index in [1.54, 1.807) is 4.90 Å². The van der Waals surface area contributed by atoms with Crippen LogP contribution in [0.15, 0.2) is 18.2 Å². The van der Waals surface area contributed by atoms with Gasteiger partial charge in [0.25, 0.3) is 0 Å². The van der Waals surface area contributed by atoms with Gasteiger partial charge in [0, 0.05) is 25.9 Å². The Balaban J connectivity index is 1.94. The summed E-state index contributed by atoms with van der Waals surface area (Å²) in [5.41, 5.74) is 0.409. The van der Waals surface area contributed by atoms with Crippen molar-refractivity contribution in [3.63, 3.8) is 0 Å². The number of piperidine rings is 1. The van der Waals surface area contributed by atoms with Gasteiger partial charge in [-0.15, -0.1) is 0 Å². The first-order valence-electron chi connectivity index (χ1n) is 6.49. The van der Waals surface area contributed by atoms with Crippen LogP contribution in [0.4, 0.5) is 10.1 Å². The van der Waals surface area contributed by atoms with Crippen molar-refractivity contribution in [2.45, 2.75) is 19.8 Å². The lowest BCUT2D eigenvalue weighted by Crippen LogP contribution is -2.40. The first-order valence-corrected chi connectivity index (χ1v) is 6.86. The van der Waals surface area contributed by atoms with E-state index in [-0.39, 0.29) is 22.8 Å². The third-order valence-corrected chi connectivity index (χ3v) is 3.81. The second kappa shape index (κ2) is 6.22. The van der Waals surface area contributed by atoms with Gasteiger partial charge < -0.3 is 10.2 Å². The highest BCUT2D eigenvalue weighted by Gasteiger charge is 2.26. The Morgan fingerprint density at radius 2 is 2.00 bits per heavy atom. The number of hydrogen-bond donors (Lipinski definition) is 1. The number of rotatable bonds is 2. The lowest BCUT2D eigenvalue weighted by atomic mass is 9.96. The van der Waals surface area contributed by atoms with Crippen LogP contribution in [-0.4, -0.2) is 29.8 Å². The zero-order chi connectivity index (χ0) is 14.7. The molecule has 1 aromatic rings. The Morgan fingerprint density at radius 1 is 1.35 bits per heavy atom. The highest BCUT2D eigenvalue weighted by Crippen LogP contribution is 2.25. The summed E-state index contributed by atoms with van der Waals surface area (Å²) in [7, 11) is 0. The van der Waals surface area contributed by atoms with Crippen LogP contribution in [0, 0.1) is 11.7 Å². The third-order valence-electron chi connectivity index (χ3n) is 3.50. The van der Waals surface area contributed by atoms with E-state index in [2.05, 4.69) is 5.32 Å². The number of halogens is 2. The Bertz CT molecular complexity index is 528. The average molecular weight is 299 g/mol. The summed E-state index contributed by atoms with van der Waals surface area (Å²) in [6, 6.07) is 3.86. The lowest BCUT2D eigenvalue weighted by molar-refractivity contribution is -0.132. The van der Waals surface area contributed by atoms with Crippen molar-refractivity contribution < 1.29 is 14.0 Å². The Labute approximate surface area is 121 Å². The van der Waals surface area contributed by atoms with Crippen molar-refractivity contribution >= 4 is 29.1 Å². The number of anilines is 1. The molecular formula is C14H16ClFN2O2. The summed E-state index contributed by atoms with van der Waals surface area (Å²) in [6.45, 7) is 2.70. The summed E-state index contributed by atoms with van der Waals surface area (Å²) >= 11 is 5.87. The van der Waals surface area contributed by atoms with Gasteiger partial charge in [0.15, 0.2) is 0 Å². The zero-order valence-corrected chi connectivity index (χ0v) is 11.9. The molecule has 0 bridgehead atoms. The predicted octanol–water partition coefficient (Wildman–Crippen LogP) is 2.68. The van der Waals surface area contributed by atoms with E-state index in [4.69, 9.17) is 11.6 Å². The van der Waals surface area contributed by atoms with Gasteiger partial charge >= 0.3 is 0 Å². The van der Waals surface area contributed by atoms with E-state index in [0.29, 0.717) is 31.6 Å². The van der Waals surface area contributed by atoms with Gasteiger partial charge in [-0.25, -0.2) is 4.39 Å². The van der Waals surface area contributed by atoms with Gasteiger partial charge in [0.1, 0.15) is 5.82 Å². The molecule has 1 saturated heterocycles. The molecule has 1 aliphatic heterocycles. The van der Waals surface area contributed by atoms with Gasteiger partial charge in [-0.05, 0) is 31.0 Å². The fourth-order valence-electron chi connectivity index (χ4n) is 2.28. The molecule has 1 fully saturated rings. The molecule has 2 rings (SSSR count). The van der Waals surface area contributed by atoms with Crippen molar-refractivity contribution in [1.82, 2.24) is 4.90 Å². The molecule has 4 nitrogen and oxygen atoms in total. The maximum Gasteiger partial charge on any atom is 0.227 e. The largest absolute Gasteiger partial charge is 0.343 e.